The number of anilines is 1. The molecule has 4 rings (SSSR count). The van der Waals surface area contributed by atoms with Crippen molar-refractivity contribution >= 4 is 17.3 Å². The quantitative estimate of drug-likeness (QED) is 0.715. The summed E-state index contributed by atoms with van der Waals surface area (Å²) in [6.45, 7) is 4.36. The van der Waals surface area contributed by atoms with Crippen LogP contribution in [-0.2, 0) is 0 Å². The Morgan fingerprint density at radius 3 is 2.58 bits per heavy atom. The Hall–Kier alpha value is -2.27. The maximum absolute atomic E-state index is 4.90. The highest BCUT2D eigenvalue weighted by atomic mass is 32.1. The number of benzene rings is 1. The Morgan fingerprint density at radius 1 is 1.08 bits per heavy atom. The molecule has 122 valence electrons. The van der Waals surface area contributed by atoms with E-state index in [1.807, 2.05) is 30.5 Å². The standard InChI is InChI=1S/C19H20N4S/c1-12(2)18-23-16(13-6-4-3-5-7-13)17(24-18)15-10-11-20-19(22-15)21-14-8-9-14/h3-7,10-12,14H,8-9H2,1-2H3,(H,20,21,22). The summed E-state index contributed by atoms with van der Waals surface area (Å²) < 4.78 is 0. The maximum atomic E-state index is 4.90. The summed E-state index contributed by atoms with van der Waals surface area (Å²) >= 11 is 1.73. The first-order valence-corrected chi connectivity index (χ1v) is 9.18. The minimum Gasteiger partial charge on any atom is -0.351 e. The molecule has 0 aliphatic heterocycles. The van der Waals surface area contributed by atoms with Crippen LogP contribution in [0.3, 0.4) is 0 Å². The van der Waals surface area contributed by atoms with Crippen molar-refractivity contribution in [1.82, 2.24) is 15.0 Å². The summed E-state index contributed by atoms with van der Waals surface area (Å²) in [6, 6.07) is 12.9. The molecule has 3 aromatic rings. The Morgan fingerprint density at radius 2 is 1.88 bits per heavy atom. The minimum atomic E-state index is 0.400. The molecular weight excluding hydrogens is 316 g/mol. The van der Waals surface area contributed by atoms with Gasteiger partial charge in [-0.25, -0.2) is 15.0 Å². The third-order valence-electron chi connectivity index (χ3n) is 3.98. The minimum absolute atomic E-state index is 0.400. The second-order valence-corrected chi connectivity index (χ2v) is 7.47. The SMILES string of the molecule is CC(C)c1nc(-c2ccccc2)c(-c2ccnc(NC3CC3)n2)s1. The van der Waals surface area contributed by atoms with Crippen LogP contribution < -0.4 is 5.32 Å². The highest BCUT2D eigenvalue weighted by Crippen LogP contribution is 2.38. The van der Waals surface area contributed by atoms with Crippen molar-refractivity contribution in [3.63, 3.8) is 0 Å². The van der Waals surface area contributed by atoms with E-state index in [4.69, 9.17) is 9.97 Å². The Kier molecular flexibility index (Phi) is 4.02. The number of hydrogen-bond acceptors (Lipinski definition) is 5. The number of rotatable bonds is 5. The average molecular weight is 336 g/mol. The van der Waals surface area contributed by atoms with Crippen molar-refractivity contribution in [1.29, 1.82) is 0 Å². The molecule has 0 bridgehead atoms. The second kappa shape index (κ2) is 6.32. The van der Waals surface area contributed by atoms with Gasteiger partial charge in [0.2, 0.25) is 5.95 Å². The number of nitrogens with zero attached hydrogens (tertiary/aromatic N) is 3. The number of aromatic nitrogens is 3. The molecule has 0 saturated heterocycles. The zero-order valence-corrected chi connectivity index (χ0v) is 14.7. The van der Waals surface area contributed by atoms with Crippen LogP contribution in [0.5, 0.6) is 0 Å². The molecule has 1 aliphatic carbocycles. The molecule has 1 saturated carbocycles. The molecule has 0 radical (unpaired) electrons. The van der Waals surface area contributed by atoms with Gasteiger partial charge in [-0.05, 0) is 18.9 Å². The van der Waals surface area contributed by atoms with Crippen molar-refractivity contribution in [2.75, 3.05) is 5.32 Å². The van der Waals surface area contributed by atoms with Gasteiger partial charge in [0.1, 0.15) is 0 Å². The Labute approximate surface area is 146 Å². The van der Waals surface area contributed by atoms with E-state index >= 15 is 0 Å². The zero-order valence-electron chi connectivity index (χ0n) is 13.9. The average Bonchev–Trinajstić information content (AvgIpc) is 3.29. The molecule has 0 spiro atoms. The molecule has 5 heteroatoms. The predicted octanol–water partition coefficient (Wildman–Crippen LogP) is 4.96. The molecule has 1 N–H and O–H groups in total. The van der Waals surface area contributed by atoms with Crippen molar-refractivity contribution in [2.24, 2.45) is 0 Å². The van der Waals surface area contributed by atoms with Crippen molar-refractivity contribution in [2.45, 2.75) is 38.6 Å². The maximum Gasteiger partial charge on any atom is 0.223 e. The van der Waals surface area contributed by atoms with Crippen LogP contribution in [0.25, 0.3) is 21.8 Å². The van der Waals surface area contributed by atoms with Crippen molar-refractivity contribution in [3.05, 3.63) is 47.6 Å². The Bertz CT molecular complexity index is 838. The summed E-state index contributed by atoms with van der Waals surface area (Å²) in [7, 11) is 0. The van der Waals surface area contributed by atoms with Gasteiger partial charge in [-0.15, -0.1) is 11.3 Å². The van der Waals surface area contributed by atoms with Gasteiger partial charge in [0.05, 0.1) is 21.3 Å². The normalized spacial score (nSPS) is 14.1. The van der Waals surface area contributed by atoms with Crippen LogP contribution in [-0.4, -0.2) is 21.0 Å². The third-order valence-corrected chi connectivity index (χ3v) is 5.36. The lowest BCUT2D eigenvalue weighted by Crippen LogP contribution is -2.05. The van der Waals surface area contributed by atoms with Gasteiger partial charge in [-0.2, -0.15) is 0 Å². The molecule has 1 aliphatic rings. The topological polar surface area (TPSA) is 50.7 Å². The summed E-state index contributed by atoms with van der Waals surface area (Å²) in [6.07, 6.45) is 4.25. The Balaban J connectivity index is 1.78. The first-order chi connectivity index (χ1) is 11.7. The van der Waals surface area contributed by atoms with E-state index in [1.54, 1.807) is 11.3 Å². The lowest BCUT2D eigenvalue weighted by atomic mass is 10.1. The fraction of sp³-hybridized carbons (Fsp3) is 0.316. The van der Waals surface area contributed by atoms with Gasteiger partial charge in [0, 0.05) is 23.7 Å². The van der Waals surface area contributed by atoms with Crippen molar-refractivity contribution < 1.29 is 0 Å². The molecule has 4 nitrogen and oxygen atoms in total. The van der Waals surface area contributed by atoms with Gasteiger partial charge < -0.3 is 5.32 Å². The summed E-state index contributed by atoms with van der Waals surface area (Å²) in [5.74, 6) is 1.12. The molecule has 0 amide bonds. The largest absolute Gasteiger partial charge is 0.351 e. The van der Waals surface area contributed by atoms with Crippen LogP contribution >= 0.6 is 11.3 Å². The molecule has 0 atom stereocenters. The van der Waals surface area contributed by atoms with E-state index in [2.05, 4.69) is 36.3 Å². The lowest BCUT2D eigenvalue weighted by molar-refractivity contribution is 0.853. The van der Waals surface area contributed by atoms with E-state index < -0.39 is 0 Å². The molecule has 2 heterocycles. The fourth-order valence-corrected chi connectivity index (χ4v) is 3.57. The monoisotopic (exact) mass is 336 g/mol. The lowest BCUT2D eigenvalue weighted by Gasteiger charge is -2.05. The first kappa shape index (κ1) is 15.3. The van der Waals surface area contributed by atoms with E-state index in [-0.39, 0.29) is 0 Å². The molecule has 0 unspecified atom stereocenters. The zero-order chi connectivity index (χ0) is 16.5. The first-order valence-electron chi connectivity index (χ1n) is 8.37. The smallest absolute Gasteiger partial charge is 0.223 e. The molecule has 1 fully saturated rings. The van der Waals surface area contributed by atoms with Crippen LogP contribution in [0.2, 0.25) is 0 Å². The van der Waals surface area contributed by atoms with E-state index in [0.717, 1.165) is 26.8 Å². The third kappa shape index (κ3) is 3.17. The van der Waals surface area contributed by atoms with Gasteiger partial charge in [-0.3, -0.25) is 0 Å². The van der Waals surface area contributed by atoms with Gasteiger partial charge in [0.25, 0.3) is 0 Å². The van der Waals surface area contributed by atoms with Crippen LogP contribution in [0, 0.1) is 0 Å². The van der Waals surface area contributed by atoms with Crippen LogP contribution in [0.15, 0.2) is 42.6 Å². The molecule has 2 aromatic heterocycles. The summed E-state index contributed by atoms with van der Waals surface area (Å²) in [5.41, 5.74) is 3.09. The molecule has 1 aromatic carbocycles. The van der Waals surface area contributed by atoms with Crippen LogP contribution in [0.4, 0.5) is 5.95 Å². The van der Waals surface area contributed by atoms with Gasteiger partial charge >= 0.3 is 0 Å². The van der Waals surface area contributed by atoms with Crippen LogP contribution in [0.1, 0.15) is 37.6 Å². The van der Waals surface area contributed by atoms with Crippen molar-refractivity contribution in [3.8, 4) is 21.8 Å². The number of hydrogen-bond donors (Lipinski definition) is 1. The molecule has 24 heavy (non-hydrogen) atoms. The van der Waals surface area contributed by atoms with E-state index in [1.165, 1.54) is 12.8 Å². The molecular formula is C19H20N4S. The summed E-state index contributed by atoms with van der Waals surface area (Å²) in [4.78, 5) is 15.1. The van der Waals surface area contributed by atoms with E-state index in [9.17, 15) is 0 Å². The van der Waals surface area contributed by atoms with E-state index in [0.29, 0.717) is 17.9 Å². The highest BCUT2D eigenvalue weighted by molar-refractivity contribution is 7.15. The number of thiazole rings is 1. The van der Waals surface area contributed by atoms with Gasteiger partial charge in [-0.1, -0.05) is 44.2 Å². The predicted molar refractivity (Wildman–Crippen MR) is 99.3 cm³/mol. The fourth-order valence-electron chi connectivity index (χ4n) is 2.51. The second-order valence-electron chi connectivity index (χ2n) is 6.43. The highest BCUT2D eigenvalue weighted by Gasteiger charge is 2.23. The number of nitrogens with one attached hydrogen (secondary N) is 1. The summed E-state index contributed by atoms with van der Waals surface area (Å²) in [5, 5.41) is 4.51. The van der Waals surface area contributed by atoms with Gasteiger partial charge in [0.15, 0.2) is 0 Å².